The van der Waals surface area contributed by atoms with E-state index in [1.807, 2.05) is 56.3 Å². The molecule has 2 aromatic rings. The van der Waals surface area contributed by atoms with Crippen LogP contribution in [0.2, 0.25) is 0 Å². The summed E-state index contributed by atoms with van der Waals surface area (Å²) in [5.41, 5.74) is 1.65. The molecule has 3 rings (SSSR count). The SMILES string of the molecule is Cc1ccc(S(=O)(=O)N2CCCC2(C)c2ccccc2)cc1. The van der Waals surface area contributed by atoms with E-state index in [9.17, 15) is 8.42 Å². The summed E-state index contributed by atoms with van der Waals surface area (Å²) in [6.45, 7) is 4.56. The lowest BCUT2D eigenvalue weighted by Gasteiger charge is -2.35. The van der Waals surface area contributed by atoms with Crippen LogP contribution in [-0.4, -0.2) is 19.3 Å². The molecule has 0 aliphatic carbocycles. The Morgan fingerprint density at radius 2 is 1.64 bits per heavy atom. The monoisotopic (exact) mass is 315 g/mol. The van der Waals surface area contributed by atoms with Gasteiger partial charge in [0, 0.05) is 6.54 Å². The number of nitrogens with zero attached hydrogens (tertiary/aromatic N) is 1. The van der Waals surface area contributed by atoms with Gasteiger partial charge in [-0.25, -0.2) is 8.42 Å². The molecule has 4 heteroatoms. The summed E-state index contributed by atoms with van der Waals surface area (Å²) in [5, 5.41) is 0. The first-order valence-corrected chi connectivity index (χ1v) is 9.04. The summed E-state index contributed by atoms with van der Waals surface area (Å²) < 4.78 is 27.8. The highest BCUT2D eigenvalue weighted by atomic mass is 32.2. The molecule has 2 aromatic carbocycles. The van der Waals surface area contributed by atoms with Crippen LogP contribution in [0.1, 0.15) is 30.9 Å². The number of aryl methyl sites for hydroxylation is 1. The average molecular weight is 315 g/mol. The van der Waals surface area contributed by atoms with E-state index in [0.717, 1.165) is 24.0 Å². The second kappa shape index (κ2) is 5.52. The van der Waals surface area contributed by atoms with Gasteiger partial charge in [0.1, 0.15) is 0 Å². The fourth-order valence-corrected chi connectivity index (χ4v) is 5.08. The second-order valence-corrected chi connectivity index (χ2v) is 8.00. The van der Waals surface area contributed by atoms with E-state index >= 15 is 0 Å². The van der Waals surface area contributed by atoms with Crippen LogP contribution in [0.15, 0.2) is 59.5 Å². The van der Waals surface area contributed by atoms with Crippen molar-refractivity contribution in [1.29, 1.82) is 0 Å². The van der Waals surface area contributed by atoms with Gasteiger partial charge in [-0.15, -0.1) is 0 Å². The van der Waals surface area contributed by atoms with Crippen LogP contribution in [0.4, 0.5) is 0 Å². The lowest BCUT2D eigenvalue weighted by molar-refractivity contribution is 0.270. The van der Waals surface area contributed by atoms with Crippen molar-refractivity contribution in [3.63, 3.8) is 0 Å². The van der Waals surface area contributed by atoms with Crippen LogP contribution in [0, 0.1) is 6.92 Å². The molecule has 1 fully saturated rings. The van der Waals surface area contributed by atoms with Gasteiger partial charge in [0.15, 0.2) is 0 Å². The van der Waals surface area contributed by atoms with Crippen LogP contribution in [0.3, 0.4) is 0 Å². The maximum atomic E-state index is 13.1. The molecule has 0 aromatic heterocycles. The van der Waals surface area contributed by atoms with Gasteiger partial charge in [-0.05, 0) is 44.4 Å². The van der Waals surface area contributed by atoms with Crippen molar-refractivity contribution in [3.05, 3.63) is 65.7 Å². The number of rotatable bonds is 3. The summed E-state index contributed by atoms with van der Waals surface area (Å²) in [6, 6.07) is 17.0. The Morgan fingerprint density at radius 3 is 2.27 bits per heavy atom. The zero-order valence-corrected chi connectivity index (χ0v) is 13.8. The molecule has 22 heavy (non-hydrogen) atoms. The van der Waals surface area contributed by atoms with E-state index in [2.05, 4.69) is 0 Å². The molecule has 1 heterocycles. The lowest BCUT2D eigenvalue weighted by Crippen LogP contribution is -2.42. The predicted octanol–water partition coefficient (Wildman–Crippen LogP) is 3.69. The Labute approximate surface area is 132 Å². The molecule has 0 spiro atoms. The molecule has 0 bridgehead atoms. The first kappa shape index (κ1) is 15.3. The maximum absolute atomic E-state index is 13.1. The zero-order chi connectivity index (χ0) is 15.8. The van der Waals surface area contributed by atoms with Gasteiger partial charge >= 0.3 is 0 Å². The third kappa shape index (κ3) is 2.46. The first-order chi connectivity index (χ1) is 10.4. The van der Waals surface area contributed by atoms with Crippen molar-refractivity contribution in [3.8, 4) is 0 Å². The highest BCUT2D eigenvalue weighted by molar-refractivity contribution is 7.89. The molecule has 116 valence electrons. The molecule has 0 amide bonds. The smallest absolute Gasteiger partial charge is 0.207 e. The Kier molecular flexibility index (Phi) is 3.83. The minimum atomic E-state index is -3.48. The summed E-state index contributed by atoms with van der Waals surface area (Å²) in [5.74, 6) is 0. The number of hydrogen-bond donors (Lipinski definition) is 0. The molecule has 1 atom stereocenters. The molecule has 0 saturated carbocycles. The van der Waals surface area contributed by atoms with Crippen molar-refractivity contribution in [2.75, 3.05) is 6.54 Å². The van der Waals surface area contributed by atoms with E-state index in [-0.39, 0.29) is 0 Å². The summed E-state index contributed by atoms with van der Waals surface area (Å²) >= 11 is 0. The number of benzene rings is 2. The standard InChI is InChI=1S/C18H21NO2S/c1-15-9-11-17(12-10-15)22(20,21)19-14-6-13-18(19,2)16-7-4-3-5-8-16/h3-5,7-12H,6,13-14H2,1-2H3. The van der Waals surface area contributed by atoms with E-state index in [1.165, 1.54) is 0 Å². The molecular weight excluding hydrogens is 294 g/mol. The Balaban J connectivity index is 2.04. The molecule has 1 aliphatic heterocycles. The summed E-state index contributed by atoms with van der Waals surface area (Å²) in [4.78, 5) is 0.377. The summed E-state index contributed by atoms with van der Waals surface area (Å²) in [6.07, 6.45) is 1.73. The van der Waals surface area contributed by atoms with Crippen LogP contribution >= 0.6 is 0 Å². The van der Waals surface area contributed by atoms with Crippen LogP contribution in [0.25, 0.3) is 0 Å². The largest absolute Gasteiger partial charge is 0.243 e. The van der Waals surface area contributed by atoms with Crippen molar-refractivity contribution in [2.24, 2.45) is 0 Å². The number of sulfonamides is 1. The molecule has 1 saturated heterocycles. The van der Waals surface area contributed by atoms with Crippen molar-refractivity contribution < 1.29 is 8.42 Å². The molecular formula is C18H21NO2S. The van der Waals surface area contributed by atoms with E-state index < -0.39 is 15.6 Å². The predicted molar refractivity (Wildman–Crippen MR) is 88.1 cm³/mol. The Morgan fingerprint density at radius 1 is 1.00 bits per heavy atom. The van der Waals surface area contributed by atoms with Gasteiger partial charge in [-0.3, -0.25) is 0 Å². The van der Waals surface area contributed by atoms with E-state index in [0.29, 0.717) is 11.4 Å². The fourth-order valence-electron chi connectivity index (χ4n) is 3.25. The van der Waals surface area contributed by atoms with Crippen molar-refractivity contribution >= 4 is 10.0 Å². The minimum Gasteiger partial charge on any atom is -0.207 e. The fraction of sp³-hybridized carbons (Fsp3) is 0.333. The van der Waals surface area contributed by atoms with Gasteiger partial charge in [0.05, 0.1) is 10.4 Å². The summed E-state index contributed by atoms with van der Waals surface area (Å²) in [7, 11) is -3.48. The topological polar surface area (TPSA) is 37.4 Å². The average Bonchev–Trinajstić information content (AvgIpc) is 2.93. The quantitative estimate of drug-likeness (QED) is 0.866. The van der Waals surface area contributed by atoms with Crippen LogP contribution < -0.4 is 0 Å². The molecule has 0 radical (unpaired) electrons. The minimum absolute atomic E-state index is 0.377. The van der Waals surface area contributed by atoms with Gasteiger partial charge in [0.2, 0.25) is 10.0 Å². The van der Waals surface area contributed by atoms with Crippen molar-refractivity contribution in [1.82, 2.24) is 4.31 Å². The van der Waals surface area contributed by atoms with Gasteiger partial charge in [-0.2, -0.15) is 4.31 Å². The molecule has 1 unspecified atom stereocenters. The highest BCUT2D eigenvalue weighted by Crippen LogP contribution is 2.41. The van der Waals surface area contributed by atoms with E-state index in [1.54, 1.807) is 16.4 Å². The van der Waals surface area contributed by atoms with Crippen LogP contribution in [-0.2, 0) is 15.6 Å². The highest BCUT2D eigenvalue weighted by Gasteiger charge is 2.45. The molecule has 1 aliphatic rings. The van der Waals surface area contributed by atoms with Crippen molar-refractivity contribution in [2.45, 2.75) is 37.1 Å². The Hall–Kier alpha value is -1.65. The first-order valence-electron chi connectivity index (χ1n) is 7.60. The van der Waals surface area contributed by atoms with Gasteiger partial charge in [0.25, 0.3) is 0 Å². The van der Waals surface area contributed by atoms with Crippen LogP contribution in [0.5, 0.6) is 0 Å². The maximum Gasteiger partial charge on any atom is 0.243 e. The zero-order valence-electron chi connectivity index (χ0n) is 13.0. The lowest BCUT2D eigenvalue weighted by atomic mass is 9.91. The third-order valence-corrected chi connectivity index (χ3v) is 6.61. The number of hydrogen-bond acceptors (Lipinski definition) is 2. The second-order valence-electron chi connectivity index (χ2n) is 6.13. The van der Waals surface area contributed by atoms with Gasteiger partial charge < -0.3 is 0 Å². The Bertz CT molecular complexity index is 753. The van der Waals surface area contributed by atoms with E-state index in [4.69, 9.17) is 0 Å². The third-order valence-electron chi connectivity index (χ3n) is 4.58. The van der Waals surface area contributed by atoms with Gasteiger partial charge in [-0.1, -0.05) is 48.0 Å². The molecule has 3 nitrogen and oxygen atoms in total. The molecule has 0 N–H and O–H groups in total. The normalized spacial score (nSPS) is 22.8.